The molecule has 96 valence electrons. The van der Waals surface area contributed by atoms with Gasteiger partial charge in [-0.2, -0.15) is 0 Å². The molecule has 0 saturated carbocycles. The molecule has 1 aliphatic rings. The van der Waals surface area contributed by atoms with Crippen molar-refractivity contribution in [2.45, 2.75) is 38.5 Å². The summed E-state index contributed by atoms with van der Waals surface area (Å²) in [5.41, 5.74) is 6.58. The third-order valence-corrected chi connectivity index (χ3v) is 3.11. The number of carbonyl (C=O) groups excluding carboxylic acids is 1. The Morgan fingerprint density at radius 1 is 1.41 bits per heavy atom. The van der Waals surface area contributed by atoms with Crippen molar-refractivity contribution < 1.29 is 9.53 Å². The van der Waals surface area contributed by atoms with Crippen LogP contribution in [-0.2, 0) is 9.53 Å². The zero-order chi connectivity index (χ0) is 12.5. The number of methoxy groups -OCH3 is 1. The number of allylic oxidation sites excluding steroid dienone is 3. The average Bonchev–Trinajstić information content (AvgIpc) is 2.39. The van der Waals surface area contributed by atoms with Crippen molar-refractivity contribution in [3.05, 3.63) is 23.8 Å². The van der Waals surface area contributed by atoms with Gasteiger partial charge in [0, 0.05) is 0 Å². The average molecular weight is 237 g/mol. The molecular weight excluding hydrogens is 214 g/mol. The maximum Gasteiger partial charge on any atom is 0.313 e. The first-order valence-electron chi connectivity index (χ1n) is 6.44. The quantitative estimate of drug-likeness (QED) is 0.547. The second-order valence-corrected chi connectivity index (χ2v) is 4.40. The molecule has 1 rings (SSSR count). The van der Waals surface area contributed by atoms with Gasteiger partial charge in [-0.15, -0.1) is 0 Å². The molecule has 1 atom stereocenters. The standard InChI is InChI=1S/C14H23NO2/c1-17-14(16)13(10-6-3-7-11-15)12-8-4-2-5-9-12/h4,8-9,13H,2-3,5-7,10-11,15H2,1H3/t13-/m0/s1. The lowest BCUT2D eigenvalue weighted by Gasteiger charge is -2.17. The lowest BCUT2D eigenvalue weighted by atomic mass is 9.89. The number of carbonyl (C=O) groups is 1. The largest absolute Gasteiger partial charge is 0.469 e. The highest BCUT2D eigenvalue weighted by atomic mass is 16.5. The molecular formula is C14H23NO2. The summed E-state index contributed by atoms with van der Waals surface area (Å²) >= 11 is 0. The minimum atomic E-state index is -0.115. The van der Waals surface area contributed by atoms with E-state index in [2.05, 4.69) is 18.2 Å². The number of unbranched alkanes of at least 4 members (excludes halogenated alkanes) is 2. The zero-order valence-corrected chi connectivity index (χ0v) is 10.7. The molecule has 0 fully saturated rings. The highest BCUT2D eigenvalue weighted by Crippen LogP contribution is 2.24. The van der Waals surface area contributed by atoms with Crippen molar-refractivity contribution in [1.29, 1.82) is 0 Å². The van der Waals surface area contributed by atoms with E-state index in [0.717, 1.165) is 50.6 Å². The van der Waals surface area contributed by atoms with Gasteiger partial charge < -0.3 is 10.5 Å². The van der Waals surface area contributed by atoms with Crippen LogP contribution in [0.2, 0.25) is 0 Å². The van der Waals surface area contributed by atoms with E-state index in [1.165, 1.54) is 7.11 Å². The molecule has 0 saturated heterocycles. The third kappa shape index (κ3) is 4.73. The number of hydrogen-bond acceptors (Lipinski definition) is 3. The Morgan fingerprint density at radius 3 is 2.82 bits per heavy atom. The van der Waals surface area contributed by atoms with E-state index < -0.39 is 0 Å². The lowest BCUT2D eigenvalue weighted by Crippen LogP contribution is -2.18. The molecule has 0 aromatic rings. The molecule has 0 amide bonds. The van der Waals surface area contributed by atoms with Gasteiger partial charge >= 0.3 is 5.97 Å². The Morgan fingerprint density at radius 2 is 2.24 bits per heavy atom. The van der Waals surface area contributed by atoms with Gasteiger partial charge in [0.1, 0.15) is 0 Å². The van der Waals surface area contributed by atoms with E-state index in [4.69, 9.17) is 10.5 Å². The fourth-order valence-electron chi connectivity index (χ4n) is 2.12. The van der Waals surface area contributed by atoms with Crippen molar-refractivity contribution >= 4 is 5.97 Å². The normalized spacial score (nSPS) is 16.5. The zero-order valence-electron chi connectivity index (χ0n) is 10.7. The van der Waals surface area contributed by atoms with Crippen molar-refractivity contribution in [1.82, 2.24) is 0 Å². The fraction of sp³-hybridized carbons (Fsp3) is 0.643. The summed E-state index contributed by atoms with van der Waals surface area (Å²) in [4.78, 5) is 11.8. The van der Waals surface area contributed by atoms with Gasteiger partial charge in [0.2, 0.25) is 0 Å². The van der Waals surface area contributed by atoms with Crippen LogP contribution in [0.4, 0.5) is 0 Å². The number of hydrogen-bond donors (Lipinski definition) is 1. The van der Waals surface area contributed by atoms with Crippen LogP contribution in [0, 0.1) is 5.92 Å². The number of esters is 1. The van der Waals surface area contributed by atoms with E-state index >= 15 is 0 Å². The molecule has 3 nitrogen and oxygen atoms in total. The van der Waals surface area contributed by atoms with Gasteiger partial charge in [0.25, 0.3) is 0 Å². The lowest BCUT2D eigenvalue weighted by molar-refractivity contribution is -0.144. The number of rotatable bonds is 7. The van der Waals surface area contributed by atoms with Crippen LogP contribution in [0.15, 0.2) is 23.8 Å². The van der Waals surface area contributed by atoms with Gasteiger partial charge in [0.15, 0.2) is 0 Å². The molecule has 3 heteroatoms. The van der Waals surface area contributed by atoms with Crippen LogP contribution >= 0.6 is 0 Å². The molecule has 0 bridgehead atoms. The fourth-order valence-corrected chi connectivity index (χ4v) is 2.12. The second-order valence-electron chi connectivity index (χ2n) is 4.40. The molecule has 0 radical (unpaired) electrons. The second kappa shape index (κ2) is 8.07. The van der Waals surface area contributed by atoms with Gasteiger partial charge in [-0.05, 0) is 37.8 Å². The van der Waals surface area contributed by atoms with Crippen LogP contribution in [-0.4, -0.2) is 19.6 Å². The van der Waals surface area contributed by atoms with E-state index in [1.807, 2.05) is 0 Å². The van der Waals surface area contributed by atoms with Crippen LogP contribution < -0.4 is 5.73 Å². The highest BCUT2D eigenvalue weighted by molar-refractivity contribution is 5.76. The molecule has 17 heavy (non-hydrogen) atoms. The van der Waals surface area contributed by atoms with Crippen LogP contribution in [0.5, 0.6) is 0 Å². The maximum absolute atomic E-state index is 11.8. The molecule has 1 aliphatic carbocycles. The van der Waals surface area contributed by atoms with E-state index in [1.54, 1.807) is 0 Å². The first kappa shape index (κ1) is 14.0. The summed E-state index contributed by atoms with van der Waals surface area (Å²) in [7, 11) is 1.46. The Labute approximate surface area is 104 Å². The van der Waals surface area contributed by atoms with Crippen LogP contribution in [0.25, 0.3) is 0 Å². The van der Waals surface area contributed by atoms with Gasteiger partial charge in [-0.1, -0.05) is 31.1 Å². The van der Waals surface area contributed by atoms with Crippen LogP contribution in [0.3, 0.4) is 0 Å². The monoisotopic (exact) mass is 237 g/mol. The summed E-state index contributed by atoms with van der Waals surface area (Å²) in [5.74, 6) is -0.204. The van der Waals surface area contributed by atoms with Gasteiger partial charge in [0.05, 0.1) is 13.0 Å². The molecule has 0 aliphatic heterocycles. The van der Waals surface area contributed by atoms with Crippen LogP contribution in [0.1, 0.15) is 38.5 Å². The summed E-state index contributed by atoms with van der Waals surface area (Å²) in [6, 6.07) is 0. The third-order valence-electron chi connectivity index (χ3n) is 3.11. The van der Waals surface area contributed by atoms with Gasteiger partial charge in [-0.25, -0.2) is 0 Å². The van der Waals surface area contributed by atoms with E-state index in [0.29, 0.717) is 0 Å². The minimum absolute atomic E-state index is 0.0886. The Bertz CT molecular complexity index is 295. The molecule has 0 spiro atoms. The Kier molecular flexibility index (Phi) is 6.63. The highest BCUT2D eigenvalue weighted by Gasteiger charge is 2.22. The molecule has 0 aromatic heterocycles. The molecule has 0 unspecified atom stereocenters. The number of nitrogens with two attached hydrogens (primary N) is 1. The summed E-state index contributed by atoms with van der Waals surface area (Å²) < 4.78 is 4.88. The Balaban J connectivity index is 2.51. The molecule has 0 heterocycles. The predicted octanol–water partition coefficient (Wildman–Crippen LogP) is 2.57. The first-order valence-corrected chi connectivity index (χ1v) is 6.44. The summed E-state index contributed by atoms with van der Waals surface area (Å²) in [5, 5.41) is 0. The maximum atomic E-state index is 11.8. The minimum Gasteiger partial charge on any atom is -0.469 e. The van der Waals surface area contributed by atoms with E-state index in [-0.39, 0.29) is 11.9 Å². The SMILES string of the molecule is COC(=O)[C@@H](CCCCCN)C1=CCCC=C1. The van der Waals surface area contributed by atoms with Crippen molar-refractivity contribution in [3.63, 3.8) is 0 Å². The smallest absolute Gasteiger partial charge is 0.313 e. The summed E-state index contributed by atoms with van der Waals surface area (Å²) in [6.45, 7) is 0.728. The summed E-state index contributed by atoms with van der Waals surface area (Å²) in [6.07, 6.45) is 12.5. The van der Waals surface area contributed by atoms with Crippen molar-refractivity contribution in [3.8, 4) is 0 Å². The van der Waals surface area contributed by atoms with Crippen molar-refractivity contribution in [2.24, 2.45) is 11.7 Å². The number of ether oxygens (including phenoxy) is 1. The predicted molar refractivity (Wildman–Crippen MR) is 69.5 cm³/mol. The molecule has 2 N–H and O–H groups in total. The Hall–Kier alpha value is -1.09. The van der Waals surface area contributed by atoms with Crippen molar-refractivity contribution in [2.75, 3.05) is 13.7 Å². The van der Waals surface area contributed by atoms with E-state index in [9.17, 15) is 4.79 Å². The topological polar surface area (TPSA) is 52.3 Å². The first-order chi connectivity index (χ1) is 8.29. The van der Waals surface area contributed by atoms with Gasteiger partial charge in [-0.3, -0.25) is 4.79 Å². The molecule has 0 aromatic carbocycles.